The Balaban J connectivity index is 1.52. The van der Waals surface area contributed by atoms with E-state index in [9.17, 15) is 4.79 Å². The van der Waals surface area contributed by atoms with E-state index in [4.69, 9.17) is 4.74 Å². The highest BCUT2D eigenvalue weighted by molar-refractivity contribution is 5.98. The van der Waals surface area contributed by atoms with Crippen molar-refractivity contribution in [3.63, 3.8) is 0 Å². The first-order chi connectivity index (χ1) is 12.2. The average Bonchev–Trinajstić information content (AvgIpc) is 3.23. The molecule has 0 spiro atoms. The summed E-state index contributed by atoms with van der Waals surface area (Å²) in [6, 6.07) is 11.4. The summed E-state index contributed by atoms with van der Waals surface area (Å²) < 4.78 is 8.46. The van der Waals surface area contributed by atoms with Gasteiger partial charge in [-0.15, -0.1) is 0 Å². The molecular formula is C17H20N6O2. The fourth-order valence-electron chi connectivity index (χ4n) is 2.30. The Bertz CT molecular complexity index is 811. The molecule has 0 unspecified atom stereocenters. The number of amides is 2. The first-order valence-electron chi connectivity index (χ1n) is 7.90. The lowest BCUT2D eigenvalue weighted by Crippen LogP contribution is -2.19. The van der Waals surface area contributed by atoms with E-state index in [1.165, 1.54) is 0 Å². The van der Waals surface area contributed by atoms with Crippen molar-refractivity contribution in [2.75, 3.05) is 24.4 Å². The maximum absolute atomic E-state index is 12.0. The predicted octanol–water partition coefficient (Wildman–Crippen LogP) is 2.42. The summed E-state index contributed by atoms with van der Waals surface area (Å²) in [6.07, 6.45) is 5.15. The zero-order valence-corrected chi connectivity index (χ0v) is 13.9. The Morgan fingerprint density at radius 1 is 1.16 bits per heavy atom. The summed E-state index contributed by atoms with van der Waals surface area (Å²) in [4.78, 5) is 12.0. The van der Waals surface area contributed by atoms with Crippen molar-refractivity contribution in [2.45, 2.75) is 13.1 Å². The number of urea groups is 1. The predicted molar refractivity (Wildman–Crippen MR) is 94.5 cm³/mol. The molecule has 3 rings (SSSR count). The molecule has 8 heteroatoms. The summed E-state index contributed by atoms with van der Waals surface area (Å²) in [6.45, 7) is 1.84. The topological polar surface area (TPSA) is 86.0 Å². The lowest BCUT2D eigenvalue weighted by atomic mass is 10.2. The van der Waals surface area contributed by atoms with Crippen LogP contribution in [0, 0.1) is 0 Å². The zero-order chi connectivity index (χ0) is 17.5. The molecule has 8 nitrogen and oxygen atoms in total. The number of nitrogens with zero attached hydrogens (tertiary/aromatic N) is 4. The molecular weight excluding hydrogens is 320 g/mol. The van der Waals surface area contributed by atoms with Crippen LogP contribution in [-0.4, -0.2) is 39.3 Å². The number of aromatic nitrogens is 4. The van der Waals surface area contributed by atoms with Crippen molar-refractivity contribution < 1.29 is 9.53 Å². The maximum Gasteiger partial charge on any atom is 0.324 e. The molecule has 0 bridgehead atoms. The van der Waals surface area contributed by atoms with Gasteiger partial charge in [0.05, 0.1) is 31.6 Å². The van der Waals surface area contributed by atoms with E-state index in [0.29, 0.717) is 31.2 Å². The third-order valence-electron chi connectivity index (χ3n) is 3.49. The number of ether oxygens (including phenoxy) is 1. The second-order valence-electron chi connectivity index (χ2n) is 5.45. The SMILES string of the molecule is COCCn1cc(NC(=O)Nc2ccn(Cc3ccccc3)n2)cn1. The van der Waals surface area contributed by atoms with Crippen molar-refractivity contribution in [1.29, 1.82) is 0 Å². The number of anilines is 2. The normalized spacial score (nSPS) is 10.6. The van der Waals surface area contributed by atoms with Crippen LogP contribution in [-0.2, 0) is 17.8 Å². The van der Waals surface area contributed by atoms with Crippen LogP contribution in [0.25, 0.3) is 0 Å². The highest BCUT2D eigenvalue weighted by atomic mass is 16.5. The van der Waals surface area contributed by atoms with Gasteiger partial charge in [0.25, 0.3) is 0 Å². The van der Waals surface area contributed by atoms with Gasteiger partial charge in [-0.1, -0.05) is 30.3 Å². The number of nitrogens with one attached hydrogen (secondary N) is 2. The van der Waals surface area contributed by atoms with Gasteiger partial charge in [0.1, 0.15) is 0 Å². The van der Waals surface area contributed by atoms with E-state index in [-0.39, 0.29) is 6.03 Å². The van der Waals surface area contributed by atoms with Crippen LogP contribution < -0.4 is 10.6 Å². The summed E-state index contributed by atoms with van der Waals surface area (Å²) in [5.74, 6) is 0.486. The van der Waals surface area contributed by atoms with Gasteiger partial charge in [0.2, 0.25) is 0 Å². The minimum Gasteiger partial charge on any atom is -0.383 e. The Morgan fingerprint density at radius 2 is 2.00 bits per heavy atom. The second-order valence-corrected chi connectivity index (χ2v) is 5.45. The number of hydrogen-bond donors (Lipinski definition) is 2. The lowest BCUT2D eigenvalue weighted by Gasteiger charge is -2.04. The van der Waals surface area contributed by atoms with E-state index in [0.717, 1.165) is 5.56 Å². The van der Waals surface area contributed by atoms with Gasteiger partial charge in [0.15, 0.2) is 5.82 Å². The van der Waals surface area contributed by atoms with Crippen LogP contribution in [0.2, 0.25) is 0 Å². The van der Waals surface area contributed by atoms with Gasteiger partial charge in [-0.2, -0.15) is 10.2 Å². The highest BCUT2D eigenvalue weighted by Gasteiger charge is 2.07. The highest BCUT2D eigenvalue weighted by Crippen LogP contribution is 2.09. The molecule has 3 aromatic rings. The monoisotopic (exact) mass is 340 g/mol. The Morgan fingerprint density at radius 3 is 2.80 bits per heavy atom. The number of hydrogen-bond acceptors (Lipinski definition) is 4. The van der Waals surface area contributed by atoms with Crippen molar-refractivity contribution in [2.24, 2.45) is 0 Å². The van der Waals surface area contributed by atoms with E-state index >= 15 is 0 Å². The fourth-order valence-corrected chi connectivity index (χ4v) is 2.30. The minimum atomic E-state index is -0.365. The molecule has 0 saturated heterocycles. The molecule has 0 aliphatic carbocycles. The van der Waals surface area contributed by atoms with E-state index in [2.05, 4.69) is 20.8 Å². The van der Waals surface area contributed by atoms with Crippen LogP contribution >= 0.6 is 0 Å². The first-order valence-corrected chi connectivity index (χ1v) is 7.90. The van der Waals surface area contributed by atoms with Gasteiger partial charge < -0.3 is 10.1 Å². The number of carbonyl (C=O) groups excluding carboxylic acids is 1. The summed E-state index contributed by atoms with van der Waals surface area (Å²) >= 11 is 0. The molecule has 2 heterocycles. The van der Waals surface area contributed by atoms with Gasteiger partial charge in [-0.05, 0) is 5.56 Å². The smallest absolute Gasteiger partial charge is 0.324 e. The number of carbonyl (C=O) groups is 1. The van der Waals surface area contributed by atoms with Gasteiger partial charge >= 0.3 is 6.03 Å². The molecule has 130 valence electrons. The zero-order valence-electron chi connectivity index (χ0n) is 13.9. The molecule has 1 aromatic carbocycles. The minimum absolute atomic E-state index is 0.365. The molecule has 0 fully saturated rings. The average molecular weight is 340 g/mol. The van der Waals surface area contributed by atoms with Crippen molar-refractivity contribution >= 4 is 17.5 Å². The fraction of sp³-hybridized carbons (Fsp3) is 0.235. The second kappa shape index (κ2) is 8.11. The lowest BCUT2D eigenvalue weighted by molar-refractivity contribution is 0.183. The van der Waals surface area contributed by atoms with Crippen molar-refractivity contribution in [3.8, 4) is 0 Å². The van der Waals surface area contributed by atoms with Crippen LogP contribution in [0.5, 0.6) is 0 Å². The van der Waals surface area contributed by atoms with E-state index in [1.54, 1.807) is 34.9 Å². The molecule has 0 saturated carbocycles. The molecule has 2 amide bonds. The summed E-state index contributed by atoms with van der Waals surface area (Å²) in [7, 11) is 1.63. The van der Waals surface area contributed by atoms with Crippen LogP contribution in [0.15, 0.2) is 55.0 Å². The number of benzene rings is 1. The van der Waals surface area contributed by atoms with E-state index < -0.39 is 0 Å². The largest absolute Gasteiger partial charge is 0.383 e. The molecule has 2 aromatic heterocycles. The molecule has 0 radical (unpaired) electrons. The number of rotatable bonds is 7. The molecule has 0 aliphatic rings. The van der Waals surface area contributed by atoms with Gasteiger partial charge in [-0.3, -0.25) is 14.7 Å². The Hall–Kier alpha value is -3.13. The molecule has 0 atom stereocenters. The number of methoxy groups -OCH3 is 1. The van der Waals surface area contributed by atoms with Crippen LogP contribution in [0.1, 0.15) is 5.56 Å². The quantitative estimate of drug-likeness (QED) is 0.691. The third-order valence-corrected chi connectivity index (χ3v) is 3.49. The summed E-state index contributed by atoms with van der Waals surface area (Å²) in [5.41, 5.74) is 1.75. The van der Waals surface area contributed by atoms with Crippen LogP contribution in [0.3, 0.4) is 0 Å². The third kappa shape index (κ3) is 4.92. The Kier molecular flexibility index (Phi) is 5.43. The van der Waals surface area contributed by atoms with Crippen LogP contribution in [0.4, 0.5) is 16.3 Å². The van der Waals surface area contributed by atoms with E-state index in [1.807, 2.05) is 36.5 Å². The summed E-state index contributed by atoms with van der Waals surface area (Å²) in [5, 5.41) is 13.9. The Labute approximate surface area is 145 Å². The van der Waals surface area contributed by atoms with Gasteiger partial charge in [0, 0.05) is 25.6 Å². The standard InChI is InChI=1S/C17H20N6O2/c1-25-10-9-22-13-15(11-18-22)19-17(24)20-16-7-8-23(21-16)12-14-5-3-2-4-6-14/h2-8,11,13H,9-10,12H2,1H3,(H2,19,20,21,24). The molecule has 0 aliphatic heterocycles. The molecule has 2 N–H and O–H groups in total. The maximum atomic E-state index is 12.0. The molecule has 25 heavy (non-hydrogen) atoms. The first kappa shape index (κ1) is 16.7. The van der Waals surface area contributed by atoms with Gasteiger partial charge in [-0.25, -0.2) is 4.79 Å². The van der Waals surface area contributed by atoms with Crippen molar-refractivity contribution in [1.82, 2.24) is 19.6 Å². The van der Waals surface area contributed by atoms with Crippen molar-refractivity contribution in [3.05, 3.63) is 60.6 Å².